The molecule has 184 valence electrons. The van der Waals surface area contributed by atoms with Crippen LogP contribution in [0.3, 0.4) is 0 Å². The lowest BCUT2D eigenvalue weighted by atomic mass is 10.0. The lowest BCUT2D eigenvalue weighted by molar-refractivity contribution is -0.152. The number of aryl methyl sites for hydroxylation is 1. The first kappa shape index (κ1) is 22.9. The number of anilines is 1. The fraction of sp³-hybridized carbons (Fsp3) is 0.161. The van der Waals surface area contributed by atoms with Gasteiger partial charge < -0.3 is 19.0 Å². The molecule has 2 aromatic heterocycles. The number of carbonyl (C=O) groups excluding carboxylic acids is 2. The maximum absolute atomic E-state index is 12.9. The van der Waals surface area contributed by atoms with Crippen molar-refractivity contribution >= 4 is 61.1 Å². The fourth-order valence-corrected chi connectivity index (χ4v) is 5.17. The molecule has 1 atom stereocenters. The van der Waals surface area contributed by atoms with Crippen molar-refractivity contribution in [1.29, 1.82) is 0 Å². The molecule has 0 aliphatic carbocycles. The molecule has 0 saturated carbocycles. The van der Waals surface area contributed by atoms with E-state index in [0.717, 1.165) is 50.1 Å². The first-order valence-corrected chi connectivity index (χ1v) is 12.4. The summed E-state index contributed by atoms with van der Waals surface area (Å²) < 4.78 is 13.4. The summed E-state index contributed by atoms with van der Waals surface area (Å²) in [6.07, 6.45) is 0.654. The number of amides is 1. The SMILES string of the molecule is CCn1c2ccccc2c2cc(NC(=O)C(C)OC(=O)Cc3coc4ccc5ccccc5c34)ccc21. The highest BCUT2D eigenvalue weighted by Crippen LogP contribution is 2.32. The molecule has 6 rings (SSSR count). The van der Waals surface area contributed by atoms with Crippen LogP contribution in [0.25, 0.3) is 43.5 Å². The van der Waals surface area contributed by atoms with Crippen LogP contribution in [0.1, 0.15) is 19.4 Å². The lowest BCUT2D eigenvalue weighted by Gasteiger charge is -2.14. The largest absolute Gasteiger partial charge is 0.464 e. The van der Waals surface area contributed by atoms with Crippen LogP contribution in [0.2, 0.25) is 0 Å². The molecular formula is C31H26N2O4. The minimum Gasteiger partial charge on any atom is -0.464 e. The minimum atomic E-state index is -0.949. The lowest BCUT2D eigenvalue weighted by Crippen LogP contribution is -2.30. The van der Waals surface area contributed by atoms with E-state index in [-0.39, 0.29) is 12.3 Å². The van der Waals surface area contributed by atoms with Crippen molar-refractivity contribution in [3.05, 3.63) is 90.7 Å². The number of nitrogens with one attached hydrogen (secondary N) is 1. The van der Waals surface area contributed by atoms with Crippen LogP contribution in [0.5, 0.6) is 0 Å². The first-order chi connectivity index (χ1) is 18.0. The summed E-state index contributed by atoms with van der Waals surface area (Å²) in [7, 11) is 0. The molecule has 0 spiro atoms. The van der Waals surface area contributed by atoms with E-state index in [0.29, 0.717) is 11.3 Å². The van der Waals surface area contributed by atoms with Crippen LogP contribution in [0.4, 0.5) is 5.69 Å². The second-order valence-corrected chi connectivity index (χ2v) is 9.21. The number of benzene rings is 4. The molecule has 4 aromatic carbocycles. The molecule has 6 nitrogen and oxygen atoms in total. The summed E-state index contributed by atoms with van der Waals surface area (Å²) in [5.41, 5.74) is 4.38. The van der Waals surface area contributed by atoms with Crippen molar-refractivity contribution in [2.75, 3.05) is 5.32 Å². The molecule has 0 saturated heterocycles. The van der Waals surface area contributed by atoms with E-state index < -0.39 is 12.1 Å². The Morgan fingerprint density at radius 3 is 2.51 bits per heavy atom. The van der Waals surface area contributed by atoms with Gasteiger partial charge in [0.2, 0.25) is 0 Å². The van der Waals surface area contributed by atoms with Crippen LogP contribution in [-0.4, -0.2) is 22.5 Å². The smallest absolute Gasteiger partial charge is 0.311 e. The number of hydrogen-bond acceptors (Lipinski definition) is 4. The van der Waals surface area contributed by atoms with E-state index in [1.807, 2.05) is 66.7 Å². The molecule has 1 N–H and O–H groups in total. The number of hydrogen-bond donors (Lipinski definition) is 1. The third kappa shape index (κ3) is 4.00. The average Bonchev–Trinajstić information content (AvgIpc) is 3.47. The quantitative estimate of drug-likeness (QED) is 0.260. The zero-order valence-corrected chi connectivity index (χ0v) is 20.7. The molecular weight excluding hydrogens is 464 g/mol. The number of furan rings is 1. The number of nitrogens with zero attached hydrogens (tertiary/aromatic N) is 1. The van der Waals surface area contributed by atoms with E-state index in [1.54, 1.807) is 13.2 Å². The molecule has 6 heteroatoms. The zero-order valence-electron chi connectivity index (χ0n) is 20.7. The van der Waals surface area contributed by atoms with Crippen molar-refractivity contribution in [3.63, 3.8) is 0 Å². The van der Waals surface area contributed by atoms with E-state index >= 15 is 0 Å². The van der Waals surface area contributed by atoms with Gasteiger partial charge in [-0.05, 0) is 55.0 Å². The van der Waals surface area contributed by atoms with Crippen LogP contribution in [-0.2, 0) is 27.3 Å². The summed E-state index contributed by atoms with van der Waals surface area (Å²) in [5, 5.41) is 8.08. The standard InChI is InChI=1S/C31H26N2O4/c1-3-33-26-11-7-6-10-24(26)25-17-22(13-14-27(25)33)32-31(35)19(2)37-29(34)16-21-18-36-28-15-12-20-8-4-5-9-23(20)30(21)28/h4-15,17-19H,3,16H2,1-2H3,(H,32,35). The molecule has 2 heterocycles. The maximum atomic E-state index is 12.9. The normalized spacial score (nSPS) is 12.4. The first-order valence-electron chi connectivity index (χ1n) is 12.4. The van der Waals surface area contributed by atoms with Crippen molar-refractivity contribution in [1.82, 2.24) is 4.57 Å². The van der Waals surface area contributed by atoms with Crippen molar-refractivity contribution in [2.45, 2.75) is 32.9 Å². The average molecular weight is 491 g/mol. The summed E-state index contributed by atoms with van der Waals surface area (Å²) in [4.78, 5) is 25.7. The number of esters is 1. The Morgan fingerprint density at radius 1 is 0.919 bits per heavy atom. The van der Waals surface area contributed by atoms with Gasteiger partial charge in [-0.15, -0.1) is 0 Å². The van der Waals surface area contributed by atoms with E-state index in [9.17, 15) is 9.59 Å². The summed E-state index contributed by atoms with van der Waals surface area (Å²) in [6.45, 7) is 4.55. The summed E-state index contributed by atoms with van der Waals surface area (Å²) in [5.74, 6) is -0.866. The molecule has 6 aromatic rings. The zero-order chi connectivity index (χ0) is 25.5. The van der Waals surface area contributed by atoms with Crippen LogP contribution in [0.15, 0.2) is 89.5 Å². The number of para-hydroxylation sites is 1. The third-order valence-corrected chi connectivity index (χ3v) is 6.91. The summed E-state index contributed by atoms with van der Waals surface area (Å²) in [6, 6.07) is 25.9. The Balaban J connectivity index is 1.18. The predicted octanol–water partition coefficient (Wildman–Crippen LogP) is 6.83. The highest BCUT2D eigenvalue weighted by atomic mass is 16.5. The van der Waals surface area contributed by atoms with Crippen LogP contribution >= 0.6 is 0 Å². The third-order valence-electron chi connectivity index (χ3n) is 6.91. The van der Waals surface area contributed by atoms with Gasteiger partial charge in [0.1, 0.15) is 5.58 Å². The van der Waals surface area contributed by atoms with Crippen molar-refractivity contribution < 1.29 is 18.7 Å². The molecule has 37 heavy (non-hydrogen) atoms. The highest BCUT2D eigenvalue weighted by Gasteiger charge is 2.21. The van der Waals surface area contributed by atoms with Gasteiger partial charge in [0.25, 0.3) is 5.91 Å². The fourth-order valence-electron chi connectivity index (χ4n) is 5.17. The van der Waals surface area contributed by atoms with Crippen LogP contribution < -0.4 is 5.32 Å². The van der Waals surface area contributed by atoms with Gasteiger partial charge in [-0.3, -0.25) is 9.59 Å². The second kappa shape index (κ2) is 9.13. The maximum Gasteiger partial charge on any atom is 0.311 e. The predicted molar refractivity (Wildman–Crippen MR) is 147 cm³/mol. The number of aromatic nitrogens is 1. The molecule has 0 bridgehead atoms. The number of carbonyl (C=O) groups is 2. The number of rotatable bonds is 6. The van der Waals surface area contributed by atoms with Gasteiger partial charge in [0, 0.05) is 45.0 Å². The monoisotopic (exact) mass is 490 g/mol. The summed E-state index contributed by atoms with van der Waals surface area (Å²) >= 11 is 0. The Kier molecular flexibility index (Phi) is 5.64. The topological polar surface area (TPSA) is 73.5 Å². The van der Waals surface area contributed by atoms with E-state index in [2.05, 4.69) is 28.9 Å². The second-order valence-electron chi connectivity index (χ2n) is 9.21. The van der Waals surface area contributed by atoms with Gasteiger partial charge in [-0.1, -0.05) is 48.5 Å². The molecule has 0 aliphatic rings. The Hall–Kier alpha value is -4.58. The van der Waals surface area contributed by atoms with Gasteiger partial charge in [-0.2, -0.15) is 0 Å². The van der Waals surface area contributed by atoms with Crippen molar-refractivity contribution in [3.8, 4) is 0 Å². The Labute approximate surface area is 213 Å². The van der Waals surface area contributed by atoms with E-state index in [4.69, 9.17) is 9.15 Å². The molecule has 1 unspecified atom stereocenters. The van der Waals surface area contributed by atoms with Gasteiger partial charge >= 0.3 is 5.97 Å². The highest BCUT2D eigenvalue weighted by molar-refractivity contribution is 6.10. The molecule has 0 fully saturated rings. The Bertz CT molecular complexity index is 1810. The van der Waals surface area contributed by atoms with Crippen molar-refractivity contribution in [2.24, 2.45) is 0 Å². The molecule has 0 aliphatic heterocycles. The Morgan fingerprint density at radius 2 is 1.68 bits per heavy atom. The van der Waals surface area contributed by atoms with Gasteiger partial charge in [0.05, 0.1) is 12.7 Å². The minimum absolute atomic E-state index is 0.0150. The number of fused-ring (bicyclic) bond motifs is 6. The van der Waals surface area contributed by atoms with Crippen LogP contribution in [0, 0.1) is 0 Å². The number of ether oxygens (including phenoxy) is 1. The van der Waals surface area contributed by atoms with E-state index in [1.165, 1.54) is 0 Å². The molecule has 0 radical (unpaired) electrons. The van der Waals surface area contributed by atoms with Gasteiger partial charge in [0.15, 0.2) is 6.10 Å². The van der Waals surface area contributed by atoms with Gasteiger partial charge in [-0.25, -0.2) is 0 Å². The molecule has 1 amide bonds.